The van der Waals surface area contributed by atoms with Gasteiger partial charge in [-0.2, -0.15) is 0 Å². The van der Waals surface area contributed by atoms with Gasteiger partial charge in [0.2, 0.25) is 0 Å². The molecule has 1 saturated heterocycles. The Kier molecular flexibility index (Phi) is 4.04. The fraction of sp³-hybridized carbons (Fsp3) is 0.556. The van der Waals surface area contributed by atoms with Crippen LogP contribution in [0.1, 0.15) is 48.8 Å². The first kappa shape index (κ1) is 15.3. The third-order valence-electron chi connectivity index (χ3n) is 4.78. The molecule has 1 aliphatic carbocycles. The van der Waals surface area contributed by atoms with Crippen LogP contribution in [-0.2, 0) is 0 Å². The van der Waals surface area contributed by atoms with E-state index in [0.717, 1.165) is 54.8 Å². The molecule has 4 rings (SSSR count). The topological polar surface area (TPSA) is 66.8 Å². The molecule has 1 aliphatic heterocycles. The third-order valence-corrected chi connectivity index (χ3v) is 4.78. The Labute approximate surface area is 142 Å². The van der Waals surface area contributed by atoms with Crippen LogP contribution in [0.25, 0.3) is 0 Å². The number of rotatable bonds is 4. The number of nitrogens with zero attached hydrogens (tertiary/aromatic N) is 5. The Balaban J connectivity index is 1.39. The van der Waals surface area contributed by atoms with Crippen LogP contribution in [-0.4, -0.2) is 39.1 Å². The maximum Gasteiger partial charge on any atom is 0.134 e. The van der Waals surface area contributed by atoms with Gasteiger partial charge in [0.05, 0.1) is 0 Å². The second-order valence-electron chi connectivity index (χ2n) is 6.95. The normalized spacial score (nSPS) is 18.7. The highest BCUT2D eigenvalue weighted by molar-refractivity contribution is 5.42. The fourth-order valence-corrected chi connectivity index (χ4v) is 3.26. The van der Waals surface area contributed by atoms with Gasteiger partial charge in [0, 0.05) is 48.6 Å². The molecule has 6 nitrogen and oxygen atoms in total. The summed E-state index contributed by atoms with van der Waals surface area (Å²) < 4.78 is 0. The van der Waals surface area contributed by atoms with Gasteiger partial charge in [0.15, 0.2) is 0 Å². The fourth-order valence-electron chi connectivity index (χ4n) is 3.26. The number of hydrogen-bond donors (Lipinski definition) is 1. The van der Waals surface area contributed by atoms with Gasteiger partial charge in [0.1, 0.15) is 23.8 Å². The molecule has 0 bridgehead atoms. The van der Waals surface area contributed by atoms with Crippen molar-refractivity contribution in [3.63, 3.8) is 0 Å². The molecular formula is C18H24N6. The summed E-state index contributed by atoms with van der Waals surface area (Å²) in [5, 5.41) is 3.53. The minimum atomic E-state index is 0.460. The van der Waals surface area contributed by atoms with E-state index in [1.807, 2.05) is 13.0 Å². The lowest BCUT2D eigenvalue weighted by molar-refractivity contribution is 0.521. The van der Waals surface area contributed by atoms with E-state index in [1.165, 1.54) is 12.8 Å². The smallest absolute Gasteiger partial charge is 0.134 e. The lowest BCUT2D eigenvalue weighted by atomic mass is 10.0. The first-order valence-corrected chi connectivity index (χ1v) is 8.83. The molecular weight excluding hydrogens is 300 g/mol. The third kappa shape index (κ3) is 3.47. The molecule has 2 aliphatic rings. The lowest BCUT2D eigenvalue weighted by Crippen LogP contribution is -2.39. The Hall–Kier alpha value is -2.24. The Morgan fingerprint density at radius 2 is 1.75 bits per heavy atom. The van der Waals surface area contributed by atoms with Crippen molar-refractivity contribution in [2.75, 3.05) is 23.3 Å². The van der Waals surface area contributed by atoms with Crippen molar-refractivity contribution in [3.05, 3.63) is 35.7 Å². The molecule has 0 aromatic carbocycles. The van der Waals surface area contributed by atoms with E-state index in [4.69, 9.17) is 4.98 Å². The minimum Gasteiger partial charge on any atom is -0.367 e. The molecule has 0 atom stereocenters. The maximum absolute atomic E-state index is 4.81. The summed E-state index contributed by atoms with van der Waals surface area (Å²) in [6.07, 6.45) is 6.28. The zero-order valence-electron chi connectivity index (χ0n) is 14.4. The van der Waals surface area contributed by atoms with E-state index in [0.29, 0.717) is 12.0 Å². The van der Waals surface area contributed by atoms with E-state index < -0.39 is 0 Å². The standard InChI is InChI=1S/C18H24N6/c1-12-9-16(20-11-19-12)22-15-5-7-24(8-6-15)17-10-13(2)21-18(23-17)14-3-4-14/h9-11,14-15H,3-8H2,1-2H3,(H,19,20,22). The quantitative estimate of drug-likeness (QED) is 0.933. The van der Waals surface area contributed by atoms with Crippen LogP contribution in [0.3, 0.4) is 0 Å². The highest BCUT2D eigenvalue weighted by Crippen LogP contribution is 2.38. The number of aryl methyl sites for hydroxylation is 2. The summed E-state index contributed by atoms with van der Waals surface area (Å²) in [4.78, 5) is 20.3. The lowest BCUT2D eigenvalue weighted by Gasteiger charge is -2.33. The molecule has 2 fully saturated rings. The monoisotopic (exact) mass is 324 g/mol. The van der Waals surface area contributed by atoms with E-state index in [2.05, 4.69) is 38.2 Å². The number of anilines is 2. The predicted octanol–water partition coefficient (Wildman–Crippen LogP) is 2.84. The largest absolute Gasteiger partial charge is 0.367 e. The molecule has 6 heteroatoms. The van der Waals surface area contributed by atoms with E-state index in [-0.39, 0.29) is 0 Å². The van der Waals surface area contributed by atoms with Crippen LogP contribution in [0.2, 0.25) is 0 Å². The molecule has 0 radical (unpaired) electrons. The molecule has 3 heterocycles. The second-order valence-corrected chi connectivity index (χ2v) is 6.95. The van der Waals surface area contributed by atoms with Gasteiger partial charge in [-0.15, -0.1) is 0 Å². The number of hydrogen-bond acceptors (Lipinski definition) is 6. The van der Waals surface area contributed by atoms with Crippen molar-refractivity contribution in [1.29, 1.82) is 0 Å². The molecule has 0 spiro atoms. The maximum atomic E-state index is 4.81. The SMILES string of the molecule is Cc1cc(NC2CCN(c3cc(C)nc(C4CC4)n3)CC2)ncn1. The minimum absolute atomic E-state index is 0.460. The molecule has 0 unspecified atom stereocenters. The molecule has 126 valence electrons. The Bertz CT molecular complexity index is 719. The molecule has 2 aromatic heterocycles. The zero-order valence-corrected chi connectivity index (χ0v) is 14.4. The van der Waals surface area contributed by atoms with Crippen molar-refractivity contribution in [3.8, 4) is 0 Å². The van der Waals surface area contributed by atoms with Crippen LogP contribution in [0.4, 0.5) is 11.6 Å². The summed E-state index contributed by atoms with van der Waals surface area (Å²) in [6.45, 7) is 6.09. The van der Waals surface area contributed by atoms with Crippen LogP contribution in [0, 0.1) is 13.8 Å². The molecule has 2 aromatic rings. The van der Waals surface area contributed by atoms with Crippen LogP contribution < -0.4 is 10.2 Å². The second kappa shape index (κ2) is 6.34. The van der Waals surface area contributed by atoms with Crippen LogP contribution in [0.15, 0.2) is 18.5 Å². The summed E-state index contributed by atoms with van der Waals surface area (Å²) >= 11 is 0. The van der Waals surface area contributed by atoms with E-state index in [9.17, 15) is 0 Å². The van der Waals surface area contributed by atoms with Crippen molar-refractivity contribution in [1.82, 2.24) is 19.9 Å². The Morgan fingerprint density at radius 1 is 0.958 bits per heavy atom. The summed E-state index contributed by atoms with van der Waals surface area (Å²) in [5.41, 5.74) is 2.08. The first-order valence-electron chi connectivity index (χ1n) is 8.83. The molecule has 1 saturated carbocycles. The zero-order chi connectivity index (χ0) is 16.5. The van der Waals surface area contributed by atoms with Gasteiger partial charge in [-0.3, -0.25) is 0 Å². The first-order chi connectivity index (χ1) is 11.7. The Morgan fingerprint density at radius 3 is 2.46 bits per heavy atom. The van der Waals surface area contributed by atoms with Gasteiger partial charge in [-0.1, -0.05) is 0 Å². The predicted molar refractivity (Wildman–Crippen MR) is 94.4 cm³/mol. The van der Waals surface area contributed by atoms with Gasteiger partial charge in [-0.05, 0) is 39.5 Å². The summed E-state index contributed by atoms with van der Waals surface area (Å²) in [6, 6.07) is 4.58. The van der Waals surface area contributed by atoms with E-state index in [1.54, 1.807) is 6.33 Å². The van der Waals surface area contributed by atoms with Crippen LogP contribution >= 0.6 is 0 Å². The van der Waals surface area contributed by atoms with Gasteiger partial charge < -0.3 is 10.2 Å². The summed E-state index contributed by atoms with van der Waals surface area (Å²) in [7, 11) is 0. The van der Waals surface area contributed by atoms with Crippen molar-refractivity contribution >= 4 is 11.6 Å². The van der Waals surface area contributed by atoms with Gasteiger partial charge in [-0.25, -0.2) is 19.9 Å². The van der Waals surface area contributed by atoms with Crippen molar-refractivity contribution in [2.45, 2.75) is 51.5 Å². The molecule has 24 heavy (non-hydrogen) atoms. The number of nitrogens with one attached hydrogen (secondary N) is 1. The highest BCUT2D eigenvalue weighted by Gasteiger charge is 2.28. The van der Waals surface area contributed by atoms with Crippen molar-refractivity contribution < 1.29 is 0 Å². The average Bonchev–Trinajstić information content (AvgIpc) is 3.40. The molecule has 1 N–H and O–H groups in total. The number of aromatic nitrogens is 4. The average molecular weight is 324 g/mol. The van der Waals surface area contributed by atoms with Crippen LogP contribution in [0.5, 0.6) is 0 Å². The van der Waals surface area contributed by atoms with E-state index >= 15 is 0 Å². The highest BCUT2D eigenvalue weighted by atomic mass is 15.2. The van der Waals surface area contributed by atoms with Crippen molar-refractivity contribution in [2.24, 2.45) is 0 Å². The molecule has 0 amide bonds. The van der Waals surface area contributed by atoms with Gasteiger partial charge in [0.25, 0.3) is 0 Å². The summed E-state index contributed by atoms with van der Waals surface area (Å²) in [5.74, 6) is 3.67. The van der Waals surface area contributed by atoms with Gasteiger partial charge >= 0.3 is 0 Å². The number of piperidine rings is 1.